The molecule has 0 aromatic heterocycles. The highest BCUT2D eigenvalue weighted by atomic mass is 32.2. The van der Waals surface area contributed by atoms with E-state index in [1.165, 1.54) is 0 Å². The molecule has 1 aliphatic heterocycles. The molecule has 72 valence electrons. The number of nitrogens with one attached hydrogen (secondary N) is 1. The maximum absolute atomic E-state index is 11.2. The predicted octanol–water partition coefficient (Wildman–Crippen LogP) is 0.562. The van der Waals surface area contributed by atoms with Crippen molar-refractivity contribution in [3.63, 3.8) is 0 Å². The van der Waals surface area contributed by atoms with E-state index in [0.29, 0.717) is 17.5 Å². The van der Waals surface area contributed by atoms with Crippen molar-refractivity contribution in [1.29, 1.82) is 0 Å². The van der Waals surface area contributed by atoms with Crippen molar-refractivity contribution in [2.45, 2.75) is 38.8 Å². The first-order chi connectivity index (χ1) is 5.49. The third kappa shape index (κ3) is 3.11. The number of hydrogen-bond acceptors (Lipinski definition) is 3. The third-order valence-electron chi connectivity index (χ3n) is 2.03. The largest absolute Gasteiger partial charge is 0.311 e. The van der Waals surface area contributed by atoms with Crippen molar-refractivity contribution >= 4 is 9.84 Å². The van der Waals surface area contributed by atoms with Crippen LogP contribution in [0.4, 0.5) is 0 Å². The van der Waals surface area contributed by atoms with Crippen molar-refractivity contribution in [1.82, 2.24) is 5.32 Å². The fourth-order valence-electron chi connectivity index (χ4n) is 1.63. The summed E-state index contributed by atoms with van der Waals surface area (Å²) < 4.78 is 22.4. The molecular weight excluding hydrogens is 174 g/mol. The van der Waals surface area contributed by atoms with Crippen LogP contribution in [0.1, 0.15) is 26.7 Å². The van der Waals surface area contributed by atoms with Crippen LogP contribution >= 0.6 is 0 Å². The quantitative estimate of drug-likeness (QED) is 0.694. The molecule has 1 aliphatic rings. The van der Waals surface area contributed by atoms with Gasteiger partial charge in [0.05, 0.1) is 11.5 Å². The van der Waals surface area contributed by atoms with Gasteiger partial charge in [0, 0.05) is 12.1 Å². The zero-order valence-corrected chi connectivity index (χ0v) is 8.52. The molecule has 0 aliphatic carbocycles. The van der Waals surface area contributed by atoms with Gasteiger partial charge in [0.15, 0.2) is 9.84 Å². The molecule has 4 heteroatoms. The minimum absolute atomic E-state index is 0.184. The summed E-state index contributed by atoms with van der Waals surface area (Å²) in [4.78, 5) is 0. The molecule has 1 N–H and O–H groups in total. The third-order valence-corrected chi connectivity index (χ3v) is 3.85. The van der Waals surface area contributed by atoms with Crippen LogP contribution < -0.4 is 5.32 Å². The lowest BCUT2D eigenvalue weighted by Gasteiger charge is -2.24. The van der Waals surface area contributed by atoms with E-state index >= 15 is 0 Å². The highest BCUT2D eigenvalue weighted by Gasteiger charge is 2.24. The Labute approximate surface area is 74.5 Å². The maximum atomic E-state index is 11.2. The lowest BCUT2D eigenvalue weighted by atomic mass is 10.1. The molecule has 12 heavy (non-hydrogen) atoms. The van der Waals surface area contributed by atoms with Crippen molar-refractivity contribution in [3.05, 3.63) is 0 Å². The van der Waals surface area contributed by atoms with E-state index < -0.39 is 9.84 Å². The molecule has 0 spiro atoms. The molecule has 0 radical (unpaired) electrons. The second kappa shape index (κ2) is 3.75. The average Bonchev–Trinajstić information content (AvgIpc) is 1.82. The Balaban J connectivity index is 2.47. The molecule has 1 atom stereocenters. The molecule has 1 rings (SSSR count). The molecule has 1 fully saturated rings. The monoisotopic (exact) mass is 191 g/mol. The van der Waals surface area contributed by atoms with Crippen molar-refractivity contribution in [3.8, 4) is 0 Å². The summed E-state index contributed by atoms with van der Waals surface area (Å²) in [6.45, 7) is 4.09. The molecule has 0 aromatic carbocycles. The Morgan fingerprint density at radius 3 is 2.58 bits per heavy atom. The highest BCUT2D eigenvalue weighted by Crippen LogP contribution is 2.12. The summed E-state index contributed by atoms with van der Waals surface area (Å²) in [7, 11) is -2.74. The molecule has 1 unspecified atom stereocenters. The van der Waals surface area contributed by atoms with Gasteiger partial charge in [-0.15, -0.1) is 0 Å². The standard InChI is InChI=1S/C8H17NO2S/c1-7(2)9-8-4-3-5-12(10,11)6-8/h7-9H,3-6H2,1-2H3. The first-order valence-corrected chi connectivity index (χ1v) is 6.28. The van der Waals surface area contributed by atoms with Crippen LogP contribution in [-0.2, 0) is 9.84 Å². The van der Waals surface area contributed by atoms with E-state index in [2.05, 4.69) is 5.32 Å². The lowest BCUT2D eigenvalue weighted by molar-refractivity contribution is 0.445. The first-order valence-electron chi connectivity index (χ1n) is 4.46. The van der Waals surface area contributed by atoms with Crippen LogP contribution in [0, 0.1) is 0 Å². The van der Waals surface area contributed by atoms with Gasteiger partial charge in [-0.25, -0.2) is 8.42 Å². The molecule has 1 heterocycles. The molecule has 0 saturated carbocycles. The van der Waals surface area contributed by atoms with Gasteiger partial charge in [-0.2, -0.15) is 0 Å². The fourth-order valence-corrected chi connectivity index (χ4v) is 3.27. The second-order valence-corrected chi connectivity index (χ2v) is 6.00. The Morgan fingerprint density at radius 1 is 1.42 bits per heavy atom. The summed E-state index contributed by atoms with van der Waals surface area (Å²) >= 11 is 0. The van der Waals surface area contributed by atoms with Crippen molar-refractivity contribution in [2.24, 2.45) is 0 Å². The van der Waals surface area contributed by atoms with Gasteiger partial charge in [0.1, 0.15) is 0 Å². The molecule has 3 nitrogen and oxygen atoms in total. The number of rotatable bonds is 2. The SMILES string of the molecule is CC(C)NC1CCCS(=O)(=O)C1. The van der Waals surface area contributed by atoms with Crippen LogP contribution in [0.3, 0.4) is 0 Å². The topological polar surface area (TPSA) is 46.2 Å². The van der Waals surface area contributed by atoms with Gasteiger partial charge in [0.25, 0.3) is 0 Å². The normalized spacial score (nSPS) is 29.1. The fraction of sp³-hybridized carbons (Fsp3) is 1.00. The zero-order chi connectivity index (χ0) is 9.19. The first kappa shape index (κ1) is 9.99. The molecular formula is C8H17NO2S. The maximum Gasteiger partial charge on any atom is 0.151 e. The van der Waals surface area contributed by atoms with Crippen LogP contribution in [-0.4, -0.2) is 32.0 Å². The average molecular weight is 191 g/mol. The van der Waals surface area contributed by atoms with Crippen LogP contribution in [0.15, 0.2) is 0 Å². The zero-order valence-electron chi connectivity index (χ0n) is 7.71. The van der Waals surface area contributed by atoms with E-state index in [-0.39, 0.29) is 6.04 Å². The smallest absolute Gasteiger partial charge is 0.151 e. The van der Waals surface area contributed by atoms with Gasteiger partial charge < -0.3 is 5.32 Å². The van der Waals surface area contributed by atoms with Crippen LogP contribution in [0.25, 0.3) is 0 Å². The van der Waals surface area contributed by atoms with E-state index in [4.69, 9.17) is 0 Å². The van der Waals surface area contributed by atoms with Crippen LogP contribution in [0.2, 0.25) is 0 Å². The van der Waals surface area contributed by atoms with E-state index in [1.54, 1.807) is 0 Å². The lowest BCUT2D eigenvalue weighted by Crippen LogP contribution is -2.43. The van der Waals surface area contributed by atoms with Gasteiger partial charge in [0.2, 0.25) is 0 Å². The molecule has 0 amide bonds. The highest BCUT2D eigenvalue weighted by molar-refractivity contribution is 7.91. The van der Waals surface area contributed by atoms with Crippen molar-refractivity contribution < 1.29 is 8.42 Å². The van der Waals surface area contributed by atoms with Gasteiger partial charge >= 0.3 is 0 Å². The predicted molar refractivity (Wildman–Crippen MR) is 49.9 cm³/mol. The molecule has 0 bridgehead atoms. The van der Waals surface area contributed by atoms with E-state index in [0.717, 1.165) is 12.8 Å². The Hall–Kier alpha value is -0.0900. The van der Waals surface area contributed by atoms with E-state index in [9.17, 15) is 8.42 Å². The summed E-state index contributed by atoms with van der Waals surface area (Å²) in [5.74, 6) is 0.703. The number of sulfone groups is 1. The van der Waals surface area contributed by atoms with Crippen LogP contribution in [0.5, 0.6) is 0 Å². The molecule has 1 saturated heterocycles. The summed E-state index contributed by atoms with van der Waals surface area (Å²) in [5.41, 5.74) is 0. The Kier molecular flexibility index (Phi) is 3.12. The summed E-state index contributed by atoms with van der Waals surface area (Å²) in [6, 6.07) is 0.562. The Morgan fingerprint density at radius 2 is 2.08 bits per heavy atom. The van der Waals surface area contributed by atoms with Gasteiger partial charge in [-0.1, -0.05) is 13.8 Å². The second-order valence-electron chi connectivity index (χ2n) is 3.77. The van der Waals surface area contributed by atoms with Gasteiger partial charge in [-0.05, 0) is 12.8 Å². The van der Waals surface area contributed by atoms with Crippen molar-refractivity contribution in [2.75, 3.05) is 11.5 Å². The van der Waals surface area contributed by atoms with Gasteiger partial charge in [-0.3, -0.25) is 0 Å². The summed E-state index contributed by atoms with van der Waals surface area (Å²) in [6.07, 6.45) is 1.81. The molecule has 0 aromatic rings. The minimum Gasteiger partial charge on any atom is -0.311 e. The van der Waals surface area contributed by atoms with E-state index in [1.807, 2.05) is 13.8 Å². The summed E-state index contributed by atoms with van der Waals surface area (Å²) in [5, 5.41) is 3.26. The number of hydrogen-bond donors (Lipinski definition) is 1. The minimum atomic E-state index is -2.74. The Bertz CT molecular complexity index is 233.